The Bertz CT molecular complexity index is 356. The highest BCUT2D eigenvalue weighted by molar-refractivity contribution is 5.53. The Morgan fingerprint density at radius 3 is 2.50 bits per heavy atom. The van der Waals surface area contributed by atoms with E-state index in [0.717, 1.165) is 38.4 Å². The Hall–Kier alpha value is -1.29. The molecule has 2 N–H and O–H groups in total. The van der Waals surface area contributed by atoms with Crippen LogP contribution in [-0.4, -0.2) is 42.6 Å². The van der Waals surface area contributed by atoms with Crippen molar-refractivity contribution in [2.24, 2.45) is 0 Å². The number of likely N-dealkylation sites (N-methyl/N-ethyl adjacent to an activating group) is 1. The van der Waals surface area contributed by atoms with Crippen molar-refractivity contribution in [3.63, 3.8) is 0 Å². The van der Waals surface area contributed by atoms with Crippen molar-refractivity contribution >= 4 is 11.5 Å². The van der Waals surface area contributed by atoms with Crippen molar-refractivity contribution in [3.05, 3.63) is 17.8 Å². The second-order valence-electron chi connectivity index (χ2n) is 4.26. The predicted molar refractivity (Wildman–Crippen MR) is 67.7 cm³/mol. The summed E-state index contributed by atoms with van der Waals surface area (Å²) in [7, 11) is 0. The fourth-order valence-corrected chi connectivity index (χ4v) is 2.21. The minimum Gasteiger partial charge on any atom is -0.384 e. The second kappa shape index (κ2) is 4.70. The maximum Gasteiger partial charge on any atom is 0.123 e. The third-order valence-electron chi connectivity index (χ3n) is 3.24. The Morgan fingerprint density at radius 1 is 1.25 bits per heavy atom. The minimum absolute atomic E-state index is 0.605. The van der Waals surface area contributed by atoms with Gasteiger partial charge in [0.2, 0.25) is 0 Å². The van der Waals surface area contributed by atoms with E-state index in [-0.39, 0.29) is 0 Å². The highest BCUT2D eigenvalue weighted by Gasteiger charge is 2.17. The summed E-state index contributed by atoms with van der Waals surface area (Å²) < 4.78 is 0. The fraction of sp³-hybridized carbons (Fsp3) is 0.583. The van der Waals surface area contributed by atoms with Gasteiger partial charge in [0, 0.05) is 26.2 Å². The molecule has 0 aromatic carbocycles. The van der Waals surface area contributed by atoms with Crippen LogP contribution in [0.1, 0.15) is 12.6 Å². The Labute approximate surface area is 97.1 Å². The largest absolute Gasteiger partial charge is 0.384 e. The number of nitrogens with two attached hydrogens (primary N) is 1. The molecular formula is C12H20N4. The van der Waals surface area contributed by atoms with Crippen molar-refractivity contribution in [1.29, 1.82) is 0 Å². The Morgan fingerprint density at radius 2 is 1.94 bits per heavy atom. The number of aryl methyl sites for hydroxylation is 1. The zero-order chi connectivity index (χ0) is 11.5. The molecule has 2 rings (SSSR count). The molecule has 0 saturated carbocycles. The van der Waals surface area contributed by atoms with Crippen LogP contribution < -0.4 is 10.6 Å². The van der Waals surface area contributed by atoms with E-state index < -0.39 is 0 Å². The van der Waals surface area contributed by atoms with Crippen LogP contribution >= 0.6 is 0 Å². The molecule has 1 aliphatic rings. The zero-order valence-electron chi connectivity index (χ0n) is 10.1. The molecule has 4 nitrogen and oxygen atoms in total. The lowest BCUT2D eigenvalue weighted by atomic mass is 10.2. The number of pyridine rings is 1. The van der Waals surface area contributed by atoms with Gasteiger partial charge in [-0.2, -0.15) is 0 Å². The summed E-state index contributed by atoms with van der Waals surface area (Å²) >= 11 is 0. The minimum atomic E-state index is 0.605. The van der Waals surface area contributed by atoms with Gasteiger partial charge in [-0.3, -0.25) is 0 Å². The van der Waals surface area contributed by atoms with Gasteiger partial charge in [-0.05, 0) is 25.6 Å². The van der Waals surface area contributed by atoms with Gasteiger partial charge in [0.15, 0.2) is 0 Å². The van der Waals surface area contributed by atoms with Crippen molar-refractivity contribution in [2.75, 3.05) is 43.4 Å². The number of nitrogens with zero attached hydrogens (tertiary/aromatic N) is 3. The molecule has 0 unspecified atom stereocenters. The first-order valence-corrected chi connectivity index (χ1v) is 5.91. The number of anilines is 2. The van der Waals surface area contributed by atoms with E-state index in [1.165, 1.54) is 5.69 Å². The van der Waals surface area contributed by atoms with E-state index >= 15 is 0 Å². The lowest BCUT2D eigenvalue weighted by Gasteiger charge is -2.36. The molecule has 0 atom stereocenters. The molecule has 1 saturated heterocycles. The van der Waals surface area contributed by atoms with Crippen LogP contribution in [0.5, 0.6) is 0 Å². The number of rotatable bonds is 2. The molecule has 0 bridgehead atoms. The normalized spacial score (nSPS) is 17.8. The standard InChI is InChI=1S/C12H20N4/c1-3-15-6-8-16(9-7-15)11-4-5-12(13)14-10(11)2/h4-5H,3,6-9H2,1-2H3,(H2,13,14). The van der Waals surface area contributed by atoms with E-state index in [0.29, 0.717) is 5.82 Å². The molecule has 0 amide bonds. The van der Waals surface area contributed by atoms with E-state index in [9.17, 15) is 0 Å². The Kier molecular flexibility index (Phi) is 3.29. The summed E-state index contributed by atoms with van der Waals surface area (Å²) in [6, 6.07) is 3.97. The van der Waals surface area contributed by atoms with Gasteiger partial charge in [-0.15, -0.1) is 0 Å². The van der Waals surface area contributed by atoms with E-state index in [2.05, 4.69) is 27.8 Å². The van der Waals surface area contributed by atoms with E-state index in [1.54, 1.807) is 0 Å². The lowest BCUT2D eigenvalue weighted by Crippen LogP contribution is -2.46. The van der Waals surface area contributed by atoms with Gasteiger partial charge in [0.05, 0.1) is 11.4 Å². The molecule has 0 spiro atoms. The average Bonchev–Trinajstić information content (AvgIpc) is 2.29. The highest BCUT2D eigenvalue weighted by atomic mass is 15.3. The molecule has 1 fully saturated rings. The second-order valence-corrected chi connectivity index (χ2v) is 4.26. The summed E-state index contributed by atoms with van der Waals surface area (Å²) in [6.07, 6.45) is 0. The first kappa shape index (κ1) is 11.2. The molecular weight excluding hydrogens is 200 g/mol. The quantitative estimate of drug-likeness (QED) is 0.811. The monoisotopic (exact) mass is 220 g/mol. The smallest absolute Gasteiger partial charge is 0.123 e. The summed E-state index contributed by atoms with van der Waals surface area (Å²) in [4.78, 5) is 9.18. The highest BCUT2D eigenvalue weighted by Crippen LogP contribution is 2.20. The lowest BCUT2D eigenvalue weighted by molar-refractivity contribution is 0.271. The van der Waals surface area contributed by atoms with Crippen molar-refractivity contribution < 1.29 is 0 Å². The predicted octanol–water partition coefficient (Wildman–Crippen LogP) is 1.11. The third-order valence-corrected chi connectivity index (χ3v) is 3.24. The first-order chi connectivity index (χ1) is 7.70. The van der Waals surface area contributed by atoms with Crippen LogP contribution in [0.3, 0.4) is 0 Å². The number of aromatic nitrogens is 1. The molecule has 1 aliphatic heterocycles. The molecule has 0 aliphatic carbocycles. The zero-order valence-corrected chi connectivity index (χ0v) is 10.1. The van der Waals surface area contributed by atoms with Crippen LogP contribution in [-0.2, 0) is 0 Å². The van der Waals surface area contributed by atoms with Crippen molar-refractivity contribution in [3.8, 4) is 0 Å². The molecule has 16 heavy (non-hydrogen) atoms. The average molecular weight is 220 g/mol. The van der Waals surface area contributed by atoms with Gasteiger partial charge in [0.1, 0.15) is 5.82 Å². The number of hydrogen-bond donors (Lipinski definition) is 1. The van der Waals surface area contributed by atoms with Gasteiger partial charge in [0.25, 0.3) is 0 Å². The van der Waals surface area contributed by atoms with Gasteiger partial charge >= 0.3 is 0 Å². The van der Waals surface area contributed by atoms with Gasteiger partial charge in [-0.1, -0.05) is 6.92 Å². The molecule has 1 aromatic heterocycles. The molecule has 0 radical (unpaired) electrons. The summed E-state index contributed by atoms with van der Waals surface area (Å²) in [5, 5.41) is 0. The Balaban J connectivity index is 2.08. The molecule has 4 heteroatoms. The van der Waals surface area contributed by atoms with Crippen LogP contribution in [0.25, 0.3) is 0 Å². The fourth-order valence-electron chi connectivity index (χ4n) is 2.21. The number of hydrogen-bond acceptors (Lipinski definition) is 4. The number of nitrogen functional groups attached to an aromatic ring is 1. The summed E-state index contributed by atoms with van der Waals surface area (Å²) in [5.74, 6) is 0.605. The molecule has 2 heterocycles. The molecule has 88 valence electrons. The topological polar surface area (TPSA) is 45.4 Å². The first-order valence-electron chi connectivity index (χ1n) is 5.91. The van der Waals surface area contributed by atoms with Gasteiger partial charge in [-0.25, -0.2) is 4.98 Å². The van der Waals surface area contributed by atoms with Crippen LogP contribution in [0.2, 0.25) is 0 Å². The van der Waals surface area contributed by atoms with Gasteiger partial charge < -0.3 is 15.5 Å². The maximum atomic E-state index is 5.66. The summed E-state index contributed by atoms with van der Waals surface area (Å²) in [5.41, 5.74) is 7.92. The van der Waals surface area contributed by atoms with Crippen LogP contribution in [0, 0.1) is 6.92 Å². The molecule has 1 aromatic rings. The van der Waals surface area contributed by atoms with E-state index in [4.69, 9.17) is 5.73 Å². The van der Waals surface area contributed by atoms with E-state index in [1.807, 2.05) is 13.0 Å². The van der Waals surface area contributed by atoms with Crippen LogP contribution in [0.15, 0.2) is 12.1 Å². The SMILES string of the molecule is CCN1CCN(c2ccc(N)nc2C)CC1. The number of piperazine rings is 1. The summed E-state index contributed by atoms with van der Waals surface area (Å²) in [6.45, 7) is 9.83. The van der Waals surface area contributed by atoms with Crippen molar-refractivity contribution in [2.45, 2.75) is 13.8 Å². The van der Waals surface area contributed by atoms with Crippen LogP contribution in [0.4, 0.5) is 11.5 Å². The maximum absolute atomic E-state index is 5.66. The third kappa shape index (κ3) is 2.27. The van der Waals surface area contributed by atoms with Crippen molar-refractivity contribution in [1.82, 2.24) is 9.88 Å².